The zero-order valence-electron chi connectivity index (χ0n) is 31.9. The van der Waals surface area contributed by atoms with E-state index >= 15 is 0 Å². The normalized spacial score (nSPS) is 14.6. The van der Waals surface area contributed by atoms with Crippen LogP contribution in [-0.4, -0.2) is 60.5 Å². The van der Waals surface area contributed by atoms with E-state index in [0.29, 0.717) is 13.0 Å². The van der Waals surface area contributed by atoms with Crippen molar-refractivity contribution in [1.82, 2.24) is 0 Å². The largest absolute Gasteiger partial charge is 0.480 e. The van der Waals surface area contributed by atoms with Crippen molar-refractivity contribution >= 4 is 19.8 Å². The van der Waals surface area contributed by atoms with Gasteiger partial charge in [-0.15, -0.1) is 0 Å². The highest BCUT2D eigenvalue weighted by molar-refractivity contribution is 7.47. The minimum absolute atomic E-state index is 0.00936. The molecule has 3 atom stereocenters. The number of carboxylic acids is 1. The van der Waals surface area contributed by atoms with Gasteiger partial charge in [0.25, 0.3) is 0 Å². The summed E-state index contributed by atoms with van der Waals surface area (Å²) in [5.74, 6) is -1.79. The van der Waals surface area contributed by atoms with Crippen LogP contribution in [0.4, 0.5) is 0 Å². The van der Waals surface area contributed by atoms with Crippen molar-refractivity contribution in [3.8, 4) is 0 Å². The first kappa shape index (κ1) is 48.9. The van der Waals surface area contributed by atoms with E-state index in [0.717, 1.165) is 70.6 Å². The lowest BCUT2D eigenvalue weighted by molar-refractivity contribution is -0.154. The predicted molar refractivity (Wildman–Crippen MR) is 208 cm³/mol. The number of aliphatic carboxylic acids is 1. The summed E-state index contributed by atoms with van der Waals surface area (Å²) in [5, 5.41) is 8.86. The average Bonchev–Trinajstić information content (AvgIpc) is 3.10. The monoisotopic (exact) mass is 741 g/mol. The van der Waals surface area contributed by atoms with Gasteiger partial charge in [-0.05, 0) is 51.4 Å². The van der Waals surface area contributed by atoms with E-state index in [1.807, 2.05) is 0 Å². The Kier molecular flexibility index (Phi) is 34.8. The lowest BCUT2D eigenvalue weighted by Gasteiger charge is -2.20. The van der Waals surface area contributed by atoms with Gasteiger partial charge in [-0.1, -0.05) is 146 Å². The molecule has 0 spiro atoms. The van der Waals surface area contributed by atoms with Crippen LogP contribution in [-0.2, 0) is 32.7 Å². The third kappa shape index (κ3) is 36.1. The van der Waals surface area contributed by atoms with Crippen molar-refractivity contribution in [2.75, 3.05) is 26.4 Å². The van der Waals surface area contributed by atoms with Gasteiger partial charge in [0.1, 0.15) is 12.1 Å². The molecule has 0 aromatic rings. The van der Waals surface area contributed by atoms with Gasteiger partial charge in [-0.3, -0.25) is 18.6 Å². The first-order valence-electron chi connectivity index (χ1n) is 19.7. The number of phosphoric acid groups is 1. The van der Waals surface area contributed by atoms with E-state index in [9.17, 15) is 19.0 Å². The molecule has 0 bridgehead atoms. The molecule has 51 heavy (non-hydrogen) atoms. The maximum Gasteiger partial charge on any atom is 0.472 e. The molecule has 0 aliphatic heterocycles. The SMILES string of the molecule is CC/C=C\C/C=C\C/C=C\C/C=C\CCCCCCCCCOCC(COP(=O)(O)OCC(N)C(=O)O)OC(=O)CCCCCCCCCCC. The predicted octanol–water partition coefficient (Wildman–Crippen LogP) is 10.3. The fourth-order valence-corrected chi connectivity index (χ4v) is 5.84. The van der Waals surface area contributed by atoms with E-state index in [-0.39, 0.29) is 13.0 Å². The van der Waals surface area contributed by atoms with E-state index in [4.69, 9.17) is 24.8 Å². The minimum Gasteiger partial charge on any atom is -0.480 e. The summed E-state index contributed by atoms with van der Waals surface area (Å²) in [5.41, 5.74) is 5.33. The van der Waals surface area contributed by atoms with Crippen LogP contribution < -0.4 is 5.73 Å². The minimum atomic E-state index is -4.61. The molecule has 0 saturated heterocycles. The number of carbonyl (C=O) groups is 2. The number of esters is 1. The standard InChI is InChI=1S/C40H72NO9P/c1-3-5-7-9-11-13-14-15-16-17-18-19-20-21-22-23-25-27-29-31-33-47-34-37(35-48-51(45,46)49-36-38(41)40(43)44)50-39(42)32-30-28-26-24-12-10-8-6-4-2/h5,7,11,13,15-16,18-19,37-38H,3-4,6,8-10,12,14,17,20-36,41H2,1-2H3,(H,43,44)(H,45,46)/b7-5-,13-11-,16-15-,19-18-. The number of nitrogens with two attached hydrogens (primary N) is 1. The van der Waals surface area contributed by atoms with Crippen LogP contribution in [0.2, 0.25) is 0 Å². The lowest BCUT2D eigenvalue weighted by atomic mass is 10.1. The molecule has 0 heterocycles. The maximum atomic E-state index is 12.5. The number of phosphoric ester groups is 1. The number of hydrogen-bond donors (Lipinski definition) is 3. The Balaban J connectivity index is 4.22. The van der Waals surface area contributed by atoms with E-state index < -0.39 is 45.1 Å². The Labute approximate surface area is 309 Å². The molecule has 4 N–H and O–H groups in total. The Morgan fingerprint density at radius 2 is 1.14 bits per heavy atom. The van der Waals surface area contributed by atoms with E-state index in [2.05, 4.69) is 67.0 Å². The highest BCUT2D eigenvalue weighted by Gasteiger charge is 2.27. The Morgan fingerprint density at radius 3 is 1.71 bits per heavy atom. The van der Waals surface area contributed by atoms with Gasteiger partial charge in [0.05, 0.1) is 19.8 Å². The molecule has 0 aliphatic rings. The third-order valence-electron chi connectivity index (χ3n) is 8.12. The number of rotatable bonds is 37. The van der Waals surface area contributed by atoms with Gasteiger partial charge in [-0.2, -0.15) is 0 Å². The molecule has 0 aromatic carbocycles. The summed E-state index contributed by atoms with van der Waals surface area (Å²) in [6, 6.07) is -1.47. The zero-order valence-corrected chi connectivity index (χ0v) is 32.8. The van der Waals surface area contributed by atoms with Gasteiger partial charge in [0.2, 0.25) is 0 Å². The van der Waals surface area contributed by atoms with Crippen molar-refractivity contribution in [3.05, 3.63) is 48.6 Å². The second-order valence-corrected chi connectivity index (χ2v) is 14.5. The van der Waals surface area contributed by atoms with Crippen LogP contribution in [0.5, 0.6) is 0 Å². The summed E-state index contributed by atoms with van der Waals surface area (Å²) in [7, 11) is -4.61. The van der Waals surface area contributed by atoms with Gasteiger partial charge in [0, 0.05) is 13.0 Å². The highest BCUT2D eigenvalue weighted by atomic mass is 31.2. The van der Waals surface area contributed by atoms with Crippen molar-refractivity contribution < 1.29 is 42.7 Å². The molecule has 0 aliphatic carbocycles. The molecule has 10 nitrogen and oxygen atoms in total. The first-order valence-corrected chi connectivity index (χ1v) is 21.2. The summed E-state index contributed by atoms with van der Waals surface area (Å²) < 4.78 is 33.2. The van der Waals surface area contributed by atoms with Crippen LogP contribution >= 0.6 is 7.82 Å². The molecular weight excluding hydrogens is 669 g/mol. The Morgan fingerprint density at radius 1 is 0.647 bits per heavy atom. The fourth-order valence-electron chi connectivity index (χ4n) is 5.06. The van der Waals surface area contributed by atoms with E-state index in [1.54, 1.807) is 0 Å². The van der Waals surface area contributed by atoms with Crippen LogP contribution in [0.3, 0.4) is 0 Å². The number of unbranched alkanes of at least 4 members (excludes halogenated alkanes) is 15. The summed E-state index contributed by atoms with van der Waals surface area (Å²) in [6.45, 7) is 3.70. The molecular formula is C40H72NO9P. The van der Waals surface area contributed by atoms with Crippen LogP contribution in [0, 0.1) is 0 Å². The second-order valence-electron chi connectivity index (χ2n) is 13.0. The molecule has 296 valence electrons. The third-order valence-corrected chi connectivity index (χ3v) is 9.07. The molecule has 3 unspecified atom stereocenters. The molecule has 0 aromatic heterocycles. The van der Waals surface area contributed by atoms with Crippen LogP contribution in [0.25, 0.3) is 0 Å². The first-order chi connectivity index (χ1) is 24.7. The molecule has 0 rings (SSSR count). The Bertz CT molecular complexity index is 998. The number of carbonyl (C=O) groups excluding carboxylic acids is 1. The second kappa shape index (κ2) is 36.3. The summed E-state index contributed by atoms with van der Waals surface area (Å²) in [4.78, 5) is 33.3. The molecule has 0 amide bonds. The van der Waals surface area contributed by atoms with E-state index in [1.165, 1.54) is 57.8 Å². The molecule has 0 saturated carbocycles. The van der Waals surface area contributed by atoms with Crippen molar-refractivity contribution in [1.29, 1.82) is 0 Å². The van der Waals surface area contributed by atoms with Crippen molar-refractivity contribution in [3.63, 3.8) is 0 Å². The van der Waals surface area contributed by atoms with Gasteiger partial charge >= 0.3 is 19.8 Å². The lowest BCUT2D eigenvalue weighted by Crippen LogP contribution is -2.34. The Hall–Kier alpha value is -2.07. The number of allylic oxidation sites excluding steroid dienone is 8. The average molecular weight is 742 g/mol. The molecule has 11 heteroatoms. The molecule has 0 radical (unpaired) electrons. The smallest absolute Gasteiger partial charge is 0.472 e. The van der Waals surface area contributed by atoms with Crippen LogP contribution in [0.1, 0.15) is 155 Å². The van der Waals surface area contributed by atoms with Gasteiger partial charge < -0.3 is 25.2 Å². The van der Waals surface area contributed by atoms with Crippen LogP contribution in [0.15, 0.2) is 48.6 Å². The van der Waals surface area contributed by atoms with Gasteiger partial charge in [-0.25, -0.2) is 4.57 Å². The quantitative estimate of drug-likeness (QED) is 0.0242. The fraction of sp³-hybridized carbons (Fsp3) is 0.750. The maximum absolute atomic E-state index is 12.5. The van der Waals surface area contributed by atoms with Crippen molar-refractivity contribution in [2.24, 2.45) is 5.73 Å². The highest BCUT2D eigenvalue weighted by Crippen LogP contribution is 2.43. The summed E-state index contributed by atoms with van der Waals surface area (Å²) >= 11 is 0. The number of carboxylic acid groups (broad SMARTS) is 1. The number of ether oxygens (including phenoxy) is 2. The number of hydrogen-bond acceptors (Lipinski definition) is 8. The zero-order chi connectivity index (χ0) is 37.7. The molecule has 0 fully saturated rings. The van der Waals surface area contributed by atoms with Gasteiger partial charge in [0.15, 0.2) is 0 Å². The topological polar surface area (TPSA) is 155 Å². The van der Waals surface area contributed by atoms with Crippen molar-refractivity contribution in [2.45, 2.75) is 167 Å². The summed E-state index contributed by atoms with van der Waals surface area (Å²) in [6.07, 6.45) is 40.3.